The molecule has 1 nitrogen and oxygen atoms in total. The quantitative estimate of drug-likeness (QED) is 0.244. The van der Waals surface area contributed by atoms with Gasteiger partial charge in [-0.3, -0.25) is 0 Å². The van der Waals surface area contributed by atoms with Crippen molar-refractivity contribution in [1.82, 2.24) is 3.17 Å². The standard InChI is InChI=1S/C4H2N.W/c1-2-3-4-5;/h1H2;/q-1;+2. The average Bonchev–Trinajstić information content (AvgIpc) is 1.61. The molecule has 0 fully saturated rings. The van der Waals surface area contributed by atoms with Gasteiger partial charge >= 0.3 is 47.4 Å². The van der Waals surface area contributed by atoms with E-state index in [0.717, 1.165) is 19.6 Å². The molecule has 0 aromatic rings. The molecule has 0 aliphatic rings. The molecule has 28 valence electrons. The monoisotopic (exact) mass is 248 g/mol. The van der Waals surface area contributed by atoms with Crippen LogP contribution in [0.2, 0.25) is 0 Å². The summed E-state index contributed by atoms with van der Waals surface area (Å²) in [4.78, 5) is 0. The van der Waals surface area contributed by atoms with Crippen LogP contribution in [0.1, 0.15) is 0 Å². The van der Waals surface area contributed by atoms with Gasteiger partial charge in [-0.15, -0.1) is 0 Å². The van der Waals surface area contributed by atoms with Crippen LogP contribution in [0.25, 0.3) is 0 Å². The van der Waals surface area contributed by atoms with Crippen LogP contribution in [0.5, 0.6) is 0 Å². The third-order valence-electron chi connectivity index (χ3n) is 0.190. The fourth-order valence-corrected chi connectivity index (χ4v) is 0.226. The van der Waals surface area contributed by atoms with E-state index in [2.05, 4.69) is 27.8 Å². The Morgan fingerprint density at radius 2 is 2.50 bits per heavy atom. The van der Waals surface area contributed by atoms with E-state index < -0.39 is 0 Å². The van der Waals surface area contributed by atoms with E-state index in [-0.39, 0.29) is 0 Å². The van der Waals surface area contributed by atoms with E-state index in [1.807, 2.05) is 0 Å². The molecule has 0 spiro atoms. The van der Waals surface area contributed by atoms with Gasteiger partial charge in [-0.05, 0) is 0 Å². The van der Waals surface area contributed by atoms with Crippen LogP contribution in [-0.2, 0) is 19.6 Å². The summed E-state index contributed by atoms with van der Waals surface area (Å²) in [5.41, 5.74) is 2.44. The first kappa shape index (κ1) is 5.61. The summed E-state index contributed by atoms with van der Waals surface area (Å²) >= 11 is 1.12. The summed E-state index contributed by atoms with van der Waals surface area (Å²) in [6.45, 7) is 3.25. The molecule has 0 aromatic carbocycles. The molecule has 0 aliphatic carbocycles. The Kier molecular flexibility index (Phi) is 4.31. The van der Waals surface area contributed by atoms with Crippen molar-refractivity contribution in [3.05, 3.63) is 18.7 Å². The molecule has 0 aliphatic heterocycles. The molecule has 0 bridgehead atoms. The zero-order valence-electron chi connectivity index (χ0n) is 3.06. The van der Waals surface area contributed by atoms with Gasteiger partial charge in [0.25, 0.3) is 0 Å². The molecule has 0 amide bonds. The molecule has 6 heavy (non-hydrogen) atoms. The SMILES string of the molecule is [CH2-][C+]=C=C=[N+]=[W]. The van der Waals surface area contributed by atoms with Crippen LogP contribution in [0.3, 0.4) is 0 Å². The van der Waals surface area contributed by atoms with Crippen LogP contribution >= 0.6 is 0 Å². The summed E-state index contributed by atoms with van der Waals surface area (Å²) in [6, 6.07) is 0. The predicted molar refractivity (Wildman–Crippen MR) is 19.3 cm³/mol. The van der Waals surface area contributed by atoms with Crippen molar-refractivity contribution in [3.8, 4) is 0 Å². The topological polar surface area (TPSA) is 14.1 Å². The fourth-order valence-electron chi connectivity index (χ4n) is 0.0624. The Labute approximate surface area is 47.9 Å². The summed E-state index contributed by atoms with van der Waals surface area (Å²) < 4.78 is 3.55. The number of hydrogen-bond acceptors (Lipinski definition) is 0. The van der Waals surface area contributed by atoms with Gasteiger partial charge in [-0.25, -0.2) is 0 Å². The molecule has 0 atom stereocenters. The molecular formula is C4H2NW+. The van der Waals surface area contributed by atoms with Gasteiger partial charge < -0.3 is 0 Å². The molecular weight excluding hydrogens is 246 g/mol. The minimum absolute atomic E-state index is 1.12. The Balaban J connectivity index is 4.19. The second kappa shape index (κ2) is 4.61. The number of rotatable bonds is 0. The van der Waals surface area contributed by atoms with E-state index in [4.69, 9.17) is 0 Å². The average molecular weight is 248 g/mol. The van der Waals surface area contributed by atoms with Crippen molar-refractivity contribution >= 4 is 5.87 Å². The van der Waals surface area contributed by atoms with Crippen molar-refractivity contribution in [3.63, 3.8) is 0 Å². The van der Waals surface area contributed by atoms with E-state index in [9.17, 15) is 0 Å². The van der Waals surface area contributed by atoms with Crippen LogP contribution in [0.15, 0.2) is 5.73 Å². The molecule has 0 heterocycles. The predicted octanol–water partition coefficient (Wildman–Crippen LogP) is -0.198. The van der Waals surface area contributed by atoms with Gasteiger partial charge in [0.1, 0.15) is 0 Å². The summed E-state index contributed by atoms with van der Waals surface area (Å²) in [6.07, 6.45) is 2.38. The minimum atomic E-state index is 1.12. The Hall–Kier alpha value is -0.392. The third-order valence-corrected chi connectivity index (χ3v) is 0.518. The molecule has 0 N–H and O–H groups in total. The number of nitrogens with zero attached hydrogens (tertiary/aromatic N) is 1. The van der Waals surface area contributed by atoms with E-state index >= 15 is 0 Å². The van der Waals surface area contributed by atoms with E-state index in [1.54, 1.807) is 0 Å². The molecule has 0 rings (SSSR count). The summed E-state index contributed by atoms with van der Waals surface area (Å²) in [5.74, 6) is 2.44. The normalized spacial score (nSPS) is 3.33. The van der Waals surface area contributed by atoms with E-state index in [1.165, 1.54) is 0 Å². The van der Waals surface area contributed by atoms with Gasteiger partial charge in [0.2, 0.25) is 0 Å². The fraction of sp³-hybridized carbons (Fsp3) is 0. The summed E-state index contributed by atoms with van der Waals surface area (Å²) in [5, 5.41) is 0. The van der Waals surface area contributed by atoms with Gasteiger partial charge in [-0.2, -0.15) is 0 Å². The first-order chi connectivity index (χ1) is 2.91. The van der Waals surface area contributed by atoms with E-state index in [0.29, 0.717) is 0 Å². The summed E-state index contributed by atoms with van der Waals surface area (Å²) in [7, 11) is 0. The number of allylic oxidation sites excluding steroid dienone is 1. The third kappa shape index (κ3) is 3.61. The van der Waals surface area contributed by atoms with Crippen molar-refractivity contribution in [2.24, 2.45) is 0 Å². The second-order valence-electron chi connectivity index (χ2n) is 0.505. The molecule has 0 saturated heterocycles. The molecule has 0 radical (unpaired) electrons. The van der Waals surface area contributed by atoms with Crippen LogP contribution in [0.4, 0.5) is 0 Å². The first-order valence-electron chi connectivity index (χ1n) is 1.26. The van der Waals surface area contributed by atoms with Gasteiger partial charge in [-0.1, -0.05) is 0 Å². The maximum absolute atomic E-state index is 3.55. The van der Waals surface area contributed by atoms with Crippen molar-refractivity contribution in [2.75, 3.05) is 0 Å². The second-order valence-corrected chi connectivity index (χ2v) is 1.16. The number of hydrogen-bond donors (Lipinski definition) is 0. The molecule has 2 heteroatoms. The van der Waals surface area contributed by atoms with Gasteiger partial charge in [0, 0.05) is 0 Å². The van der Waals surface area contributed by atoms with Gasteiger partial charge in [0.15, 0.2) is 0 Å². The Morgan fingerprint density at radius 1 is 1.83 bits per heavy atom. The first-order valence-corrected chi connectivity index (χ1v) is 2.57. The Bertz CT molecular complexity index is 132. The van der Waals surface area contributed by atoms with Crippen LogP contribution < -0.4 is 3.17 Å². The van der Waals surface area contributed by atoms with Crippen molar-refractivity contribution in [2.45, 2.75) is 0 Å². The van der Waals surface area contributed by atoms with Crippen LogP contribution in [0, 0.1) is 13.0 Å². The zero-order chi connectivity index (χ0) is 4.83. The molecule has 0 unspecified atom stereocenters. The van der Waals surface area contributed by atoms with Crippen LogP contribution in [-0.4, -0.2) is 5.87 Å². The van der Waals surface area contributed by atoms with Crippen molar-refractivity contribution in [1.29, 1.82) is 0 Å². The Morgan fingerprint density at radius 3 is 2.67 bits per heavy atom. The molecule has 0 aromatic heterocycles. The molecule has 0 saturated carbocycles. The van der Waals surface area contributed by atoms with Gasteiger partial charge in [0.05, 0.1) is 0 Å². The van der Waals surface area contributed by atoms with Crippen molar-refractivity contribution < 1.29 is 19.6 Å². The maximum atomic E-state index is 3.55. The zero-order valence-corrected chi connectivity index (χ0v) is 6.00.